The first-order valence-electron chi connectivity index (χ1n) is 7.20. The van der Waals surface area contributed by atoms with Crippen LogP contribution in [-0.4, -0.2) is 36.1 Å². The van der Waals surface area contributed by atoms with Crippen molar-refractivity contribution in [1.29, 1.82) is 5.26 Å². The van der Waals surface area contributed by atoms with Gasteiger partial charge in [0.15, 0.2) is 0 Å². The fourth-order valence-corrected chi connectivity index (χ4v) is 3.28. The van der Waals surface area contributed by atoms with Gasteiger partial charge in [-0.15, -0.1) is 0 Å². The van der Waals surface area contributed by atoms with E-state index in [0.29, 0.717) is 6.04 Å². The lowest BCUT2D eigenvalue weighted by Crippen LogP contribution is -2.45. The molecule has 2 fully saturated rings. The Bertz CT molecular complexity index is 278. The highest BCUT2D eigenvalue weighted by molar-refractivity contribution is 5.13. The van der Waals surface area contributed by atoms with Gasteiger partial charge in [-0.2, -0.15) is 5.26 Å². The molecule has 0 amide bonds. The molecule has 1 N–H and O–H groups in total. The molecule has 0 aromatic heterocycles. The van der Waals surface area contributed by atoms with Crippen molar-refractivity contribution in [2.24, 2.45) is 0 Å². The molecular formula is C14H25N3. The minimum atomic E-state index is -0.224. The van der Waals surface area contributed by atoms with Crippen LogP contribution in [0.15, 0.2) is 0 Å². The predicted molar refractivity (Wildman–Crippen MR) is 69.7 cm³/mol. The van der Waals surface area contributed by atoms with Crippen LogP contribution in [0.5, 0.6) is 0 Å². The second kappa shape index (κ2) is 5.84. The van der Waals surface area contributed by atoms with Gasteiger partial charge in [0.1, 0.15) is 5.54 Å². The zero-order valence-electron chi connectivity index (χ0n) is 11.0. The quantitative estimate of drug-likeness (QED) is 0.812. The van der Waals surface area contributed by atoms with Gasteiger partial charge in [-0.05, 0) is 58.2 Å². The molecule has 1 aliphatic heterocycles. The third-order valence-corrected chi connectivity index (χ3v) is 4.32. The normalized spacial score (nSPS) is 34.7. The Kier molecular flexibility index (Phi) is 4.42. The first-order valence-corrected chi connectivity index (χ1v) is 7.20. The minimum Gasteiger partial charge on any atom is -0.300 e. The van der Waals surface area contributed by atoms with Crippen LogP contribution in [-0.2, 0) is 0 Å². The van der Waals surface area contributed by atoms with E-state index < -0.39 is 0 Å². The van der Waals surface area contributed by atoms with Gasteiger partial charge < -0.3 is 4.90 Å². The van der Waals surface area contributed by atoms with E-state index in [1.807, 2.05) is 0 Å². The highest BCUT2D eigenvalue weighted by Crippen LogP contribution is 2.33. The molecule has 2 unspecified atom stereocenters. The summed E-state index contributed by atoms with van der Waals surface area (Å²) >= 11 is 0. The van der Waals surface area contributed by atoms with Crippen molar-refractivity contribution >= 4 is 0 Å². The number of hydrogen-bond donors (Lipinski definition) is 1. The summed E-state index contributed by atoms with van der Waals surface area (Å²) in [6.07, 6.45) is 8.45. The molecule has 1 saturated heterocycles. The number of hydrogen-bond acceptors (Lipinski definition) is 3. The number of nitriles is 1. The fraction of sp³-hybridized carbons (Fsp3) is 0.929. The van der Waals surface area contributed by atoms with E-state index in [0.717, 1.165) is 25.8 Å². The van der Waals surface area contributed by atoms with Crippen molar-refractivity contribution in [2.75, 3.05) is 19.6 Å². The maximum absolute atomic E-state index is 9.43. The molecule has 0 bridgehead atoms. The molecule has 2 aliphatic rings. The summed E-state index contributed by atoms with van der Waals surface area (Å²) in [5.74, 6) is 0. The molecule has 17 heavy (non-hydrogen) atoms. The van der Waals surface area contributed by atoms with Gasteiger partial charge in [-0.3, -0.25) is 5.32 Å². The third-order valence-electron chi connectivity index (χ3n) is 4.32. The van der Waals surface area contributed by atoms with Crippen molar-refractivity contribution < 1.29 is 0 Å². The molecule has 0 aromatic rings. The van der Waals surface area contributed by atoms with Gasteiger partial charge in [0, 0.05) is 6.04 Å². The molecule has 1 aliphatic carbocycles. The van der Waals surface area contributed by atoms with E-state index in [-0.39, 0.29) is 5.54 Å². The summed E-state index contributed by atoms with van der Waals surface area (Å²) in [5.41, 5.74) is -0.224. The van der Waals surface area contributed by atoms with Crippen molar-refractivity contribution in [3.8, 4) is 6.07 Å². The highest BCUT2D eigenvalue weighted by atomic mass is 15.2. The Hall–Kier alpha value is -0.590. The van der Waals surface area contributed by atoms with E-state index >= 15 is 0 Å². The predicted octanol–water partition coefficient (Wildman–Crippen LogP) is 2.29. The molecule has 96 valence electrons. The smallest absolute Gasteiger partial charge is 0.108 e. The van der Waals surface area contributed by atoms with Gasteiger partial charge >= 0.3 is 0 Å². The van der Waals surface area contributed by atoms with Gasteiger partial charge in [0.25, 0.3) is 0 Å². The van der Waals surface area contributed by atoms with Gasteiger partial charge in [0.2, 0.25) is 0 Å². The van der Waals surface area contributed by atoms with Crippen molar-refractivity contribution in [1.82, 2.24) is 10.2 Å². The minimum absolute atomic E-state index is 0.224. The standard InChI is InChI=1S/C14H25N3/c1-2-8-16-14(12-15)7-6-13(11-14)17-9-4-3-5-10-17/h13,16H,2-11H2,1H3. The molecule has 0 radical (unpaired) electrons. The number of nitrogens with zero attached hydrogens (tertiary/aromatic N) is 2. The SMILES string of the molecule is CCCNC1(C#N)CCC(N2CCCCC2)C1. The lowest BCUT2D eigenvalue weighted by Gasteiger charge is -2.33. The van der Waals surface area contributed by atoms with E-state index in [1.54, 1.807) is 0 Å². The largest absolute Gasteiger partial charge is 0.300 e. The second-order valence-electron chi connectivity index (χ2n) is 5.61. The number of likely N-dealkylation sites (tertiary alicyclic amines) is 1. The molecule has 1 saturated carbocycles. The summed E-state index contributed by atoms with van der Waals surface area (Å²) in [7, 11) is 0. The maximum atomic E-state index is 9.43. The maximum Gasteiger partial charge on any atom is 0.108 e. The van der Waals surface area contributed by atoms with E-state index in [4.69, 9.17) is 0 Å². The summed E-state index contributed by atoms with van der Waals surface area (Å²) < 4.78 is 0. The first kappa shape index (κ1) is 12.9. The van der Waals surface area contributed by atoms with E-state index in [9.17, 15) is 5.26 Å². The number of piperidine rings is 1. The molecular weight excluding hydrogens is 210 g/mol. The van der Waals surface area contributed by atoms with Crippen LogP contribution in [0.25, 0.3) is 0 Å². The van der Waals surface area contributed by atoms with Crippen molar-refractivity contribution in [3.63, 3.8) is 0 Å². The van der Waals surface area contributed by atoms with Crippen LogP contribution in [0.4, 0.5) is 0 Å². The molecule has 3 nitrogen and oxygen atoms in total. The Morgan fingerprint density at radius 1 is 1.35 bits per heavy atom. The fourth-order valence-electron chi connectivity index (χ4n) is 3.28. The van der Waals surface area contributed by atoms with Gasteiger partial charge in [-0.1, -0.05) is 13.3 Å². The topological polar surface area (TPSA) is 39.1 Å². The molecule has 0 spiro atoms. The average molecular weight is 235 g/mol. The Morgan fingerprint density at radius 2 is 2.12 bits per heavy atom. The summed E-state index contributed by atoms with van der Waals surface area (Å²) in [5, 5.41) is 12.9. The Balaban J connectivity index is 1.90. The summed E-state index contributed by atoms with van der Waals surface area (Å²) in [4.78, 5) is 2.62. The number of nitrogens with one attached hydrogen (secondary N) is 1. The summed E-state index contributed by atoms with van der Waals surface area (Å²) in [6, 6.07) is 3.20. The third kappa shape index (κ3) is 3.00. The van der Waals surface area contributed by atoms with Crippen LogP contribution < -0.4 is 5.32 Å². The first-order chi connectivity index (χ1) is 8.29. The Labute approximate surface area is 105 Å². The molecule has 2 atom stereocenters. The van der Waals surface area contributed by atoms with Gasteiger partial charge in [-0.25, -0.2) is 0 Å². The van der Waals surface area contributed by atoms with Gasteiger partial charge in [0.05, 0.1) is 6.07 Å². The molecule has 0 aromatic carbocycles. The van der Waals surface area contributed by atoms with Crippen molar-refractivity contribution in [2.45, 2.75) is 63.5 Å². The lowest BCUT2D eigenvalue weighted by atomic mass is 9.98. The second-order valence-corrected chi connectivity index (χ2v) is 5.61. The highest BCUT2D eigenvalue weighted by Gasteiger charge is 2.41. The van der Waals surface area contributed by atoms with E-state index in [2.05, 4.69) is 23.2 Å². The van der Waals surface area contributed by atoms with Crippen LogP contribution in [0.2, 0.25) is 0 Å². The van der Waals surface area contributed by atoms with Crippen molar-refractivity contribution in [3.05, 3.63) is 0 Å². The molecule has 3 heteroatoms. The van der Waals surface area contributed by atoms with Crippen LogP contribution in [0.3, 0.4) is 0 Å². The lowest BCUT2D eigenvalue weighted by molar-refractivity contribution is 0.160. The zero-order chi connectivity index (χ0) is 12.1. The molecule has 2 rings (SSSR count). The van der Waals surface area contributed by atoms with Crippen LogP contribution in [0.1, 0.15) is 51.9 Å². The monoisotopic (exact) mass is 235 g/mol. The zero-order valence-corrected chi connectivity index (χ0v) is 11.0. The molecule has 1 heterocycles. The summed E-state index contributed by atoms with van der Waals surface area (Å²) in [6.45, 7) is 5.63. The Morgan fingerprint density at radius 3 is 2.76 bits per heavy atom. The van der Waals surface area contributed by atoms with Crippen LogP contribution in [0, 0.1) is 11.3 Å². The number of rotatable bonds is 4. The van der Waals surface area contributed by atoms with Crippen LogP contribution >= 0.6 is 0 Å². The average Bonchev–Trinajstić information content (AvgIpc) is 2.83. The van der Waals surface area contributed by atoms with E-state index in [1.165, 1.54) is 38.8 Å².